The van der Waals surface area contributed by atoms with E-state index in [-0.39, 0.29) is 5.91 Å². The molecule has 1 heterocycles. The second-order valence-corrected chi connectivity index (χ2v) is 7.08. The third-order valence-corrected chi connectivity index (χ3v) is 4.45. The molecule has 0 saturated carbocycles. The Bertz CT molecular complexity index is 700. The number of thiazole rings is 1. The Labute approximate surface area is 143 Å². The van der Waals surface area contributed by atoms with Gasteiger partial charge in [-0.05, 0) is 32.2 Å². The minimum atomic E-state index is -0.665. The third kappa shape index (κ3) is 4.84. The van der Waals surface area contributed by atoms with Crippen molar-refractivity contribution < 1.29 is 14.4 Å². The van der Waals surface area contributed by atoms with Crippen LogP contribution in [0.2, 0.25) is 0 Å². The number of hydrogen-bond donors (Lipinski definition) is 1. The van der Waals surface area contributed by atoms with Crippen molar-refractivity contribution >= 4 is 45.4 Å². The number of carbonyl (C=O) groups is 1. The molecule has 1 unspecified atom stereocenters. The van der Waals surface area contributed by atoms with Crippen LogP contribution < -0.4 is 10.1 Å². The highest BCUT2D eigenvalue weighted by molar-refractivity contribution is 7.99. The molecular weight excluding hydrogens is 334 g/mol. The van der Waals surface area contributed by atoms with E-state index < -0.39 is 11.0 Å². The van der Waals surface area contributed by atoms with Gasteiger partial charge in [-0.2, -0.15) is 0 Å². The number of rotatable bonds is 7. The normalized spacial score (nSPS) is 13.2. The van der Waals surface area contributed by atoms with Crippen LogP contribution in [0.4, 0.5) is 0 Å². The molecule has 0 aliphatic rings. The summed E-state index contributed by atoms with van der Waals surface area (Å²) in [6, 6.07) is 5.61. The van der Waals surface area contributed by atoms with Crippen LogP contribution in [0.1, 0.15) is 13.8 Å². The van der Waals surface area contributed by atoms with Crippen molar-refractivity contribution in [1.82, 2.24) is 10.3 Å². The van der Waals surface area contributed by atoms with Gasteiger partial charge in [0, 0.05) is 6.07 Å². The molecule has 1 atom stereocenters. The molecule has 0 fully saturated rings. The Balaban J connectivity index is 2.06. The number of hydrogen-bond acceptors (Lipinski definition) is 7. The lowest BCUT2D eigenvalue weighted by Crippen LogP contribution is -2.49. The number of amides is 1. The molecule has 2 aromatic rings. The fraction of sp³-hybridized carbons (Fsp3) is 0.400. The summed E-state index contributed by atoms with van der Waals surface area (Å²) in [5.74, 6) is 0.379. The number of fused-ring (bicyclic) bond motifs is 1. The summed E-state index contributed by atoms with van der Waals surface area (Å²) in [5.41, 5.74) is 1.34. The van der Waals surface area contributed by atoms with Crippen LogP contribution in [0.5, 0.6) is 5.75 Å². The first kappa shape index (κ1) is 17.6. The number of thioether (sulfide) groups is 1. The van der Waals surface area contributed by atoms with Gasteiger partial charge in [0.25, 0.3) is 5.91 Å². The quantitative estimate of drug-likeness (QED) is 0.471. The first-order chi connectivity index (χ1) is 10.9. The Hall–Kier alpha value is -1.80. The average Bonchev–Trinajstić information content (AvgIpc) is 2.97. The van der Waals surface area contributed by atoms with Gasteiger partial charge in [0.05, 0.1) is 27.5 Å². The second kappa shape index (κ2) is 7.65. The van der Waals surface area contributed by atoms with E-state index in [1.165, 1.54) is 25.1 Å². The first-order valence-electron chi connectivity index (χ1n) is 6.87. The van der Waals surface area contributed by atoms with Gasteiger partial charge in [-0.1, -0.05) is 5.16 Å². The number of nitrogens with zero attached hydrogens (tertiary/aromatic N) is 2. The van der Waals surface area contributed by atoms with E-state index in [9.17, 15) is 4.79 Å². The molecule has 0 bridgehead atoms. The summed E-state index contributed by atoms with van der Waals surface area (Å²) in [6.07, 6.45) is 3.35. The Morgan fingerprint density at radius 2 is 2.30 bits per heavy atom. The molecule has 0 saturated heterocycles. The summed E-state index contributed by atoms with van der Waals surface area (Å²) in [5, 5.41) is 6.57. The van der Waals surface area contributed by atoms with Crippen molar-refractivity contribution in [3.05, 3.63) is 23.7 Å². The molecule has 0 radical (unpaired) electrons. The molecule has 8 heteroatoms. The molecule has 23 heavy (non-hydrogen) atoms. The Morgan fingerprint density at radius 3 is 3.00 bits per heavy atom. The molecule has 1 N–H and O–H groups in total. The van der Waals surface area contributed by atoms with Crippen LogP contribution >= 0.6 is 23.1 Å². The molecule has 0 aliphatic heterocycles. The summed E-state index contributed by atoms with van der Waals surface area (Å²) in [4.78, 5) is 21.3. The molecule has 1 aromatic carbocycles. The van der Waals surface area contributed by atoms with Crippen molar-refractivity contribution in [2.75, 3.05) is 13.4 Å². The summed E-state index contributed by atoms with van der Waals surface area (Å²) in [7, 11) is 1.46. The zero-order valence-electron chi connectivity index (χ0n) is 13.4. The Morgan fingerprint density at radius 1 is 1.52 bits per heavy atom. The highest BCUT2D eigenvalue weighted by atomic mass is 32.2. The Kier molecular flexibility index (Phi) is 5.84. The molecule has 124 valence electrons. The zero-order chi connectivity index (χ0) is 16.9. The molecule has 6 nitrogen and oxygen atoms in total. The standard InChI is InChI=1S/C15H19N3O3S2/c1-15(2,8-17-20-3)18-13(19)14(22-4)21-10-5-6-12-11(7-10)16-9-23-12/h5-9,14H,1-4H3,(H,18,19)/b17-8+. The topological polar surface area (TPSA) is 72.8 Å². The molecule has 1 aromatic heterocycles. The van der Waals surface area contributed by atoms with E-state index in [4.69, 9.17) is 4.74 Å². The predicted octanol–water partition coefficient (Wildman–Crippen LogP) is 2.89. The molecular formula is C15H19N3O3S2. The number of nitrogens with one attached hydrogen (secondary N) is 1. The minimum Gasteiger partial charge on any atom is -0.470 e. The van der Waals surface area contributed by atoms with E-state index in [2.05, 4.69) is 20.3 Å². The fourth-order valence-corrected chi connectivity index (χ4v) is 2.98. The summed E-state index contributed by atoms with van der Waals surface area (Å²) < 4.78 is 6.88. The van der Waals surface area contributed by atoms with Gasteiger partial charge in [0.1, 0.15) is 12.9 Å². The first-order valence-corrected chi connectivity index (χ1v) is 9.04. The lowest BCUT2D eigenvalue weighted by molar-refractivity contribution is -0.125. The largest absolute Gasteiger partial charge is 0.470 e. The number of aromatic nitrogens is 1. The van der Waals surface area contributed by atoms with Crippen molar-refractivity contribution in [3.8, 4) is 5.75 Å². The highest BCUT2D eigenvalue weighted by Gasteiger charge is 2.26. The highest BCUT2D eigenvalue weighted by Crippen LogP contribution is 2.25. The fourth-order valence-electron chi connectivity index (χ4n) is 1.84. The SMILES string of the molecule is CO/N=C/C(C)(C)NC(=O)C(Oc1ccc2scnc2c1)SC. The van der Waals surface area contributed by atoms with E-state index in [1.807, 2.05) is 38.3 Å². The van der Waals surface area contributed by atoms with E-state index >= 15 is 0 Å². The third-order valence-electron chi connectivity index (χ3n) is 2.90. The predicted molar refractivity (Wildman–Crippen MR) is 95.3 cm³/mol. The van der Waals surface area contributed by atoms with Gasteiger partial charge in [-0.3, -0.25) is 4.79 Å². The molecule has 0 aliphatic carbocycles. The maximum absolute atomic E-state index is 12.4. The maximum Gasteiger partial charge on any atom is 0.272 e. The van der Waals surface area contributed by atoms with Crippen molar-refractivity contribution in [3.63, 3.8) is 0 Å². The van der Waals surface area contributed by atoms with Gasteiger partial charge in [-0.25, -0.2) is 4.98 Å². The average molecular weight is 353 g/mol. The van der Waals surface area contributed by atoms with Gasteiger partial charge in [0.2, 0.25) is 5.44 Å². The van der Waals surface area contributed by atoms with Crippen LogP contribution in [0.25, 0.3) is 10.2 Å². The van der Waals surface area contributed by atoms with Crippen LogP contribution in [0.3, 0.4) is 0 Å². The van der Waals surface area contributed by atoms with E-state index in [0.29, 0.717) is 5.75 Å². The molecule has 0 spiro atoms. The zero-order valence-corrected chi connectivity index (χ0v) is 15.0. The minimum absolute atomic E-state index is 0.233. The van der Waals surface area contributed by atoms with Gasteiger partial charge < -0.3 is 14.9 Å². The lowest BCUT2D eigenvalue weighted by atomic mass is 10.1. The molecule has 1 amide bonds. The van der Waals surface area contributed by atoms with Crippen molar-refractivity contribution in [2.24, 2.45) is 5.16 Å². The van der Waals surface area contributed by atoms with E-state index in [1.54, 1.807) is 16.8 Å². The number of ether oxygens (including phenoxy) is 1. The summed E-state index contributed by atoms with van der Waals surface area (Å²) in [6.45, 7) is 3.65. The second-order valence-electron chi connectivity index (χ2n) is 5.30. The van der Waals surface area contributed by atoms with Crippen LogP contribution in [-0.4, -0.2) is 41.4 Å². The number of carbonyl (C=O) groups excluding carboxylic acids is 1. The number of benzene rings is 1. The van der Waals surface area contributed by atoms with Crippen molar-refractivity contribution in [1.29, 1.82) is 0 Å². The monoisotopic (exact) mass is 353 g/mol. The van der Waals surface area contributed by atoms with Crippen LogP contribution in [0.15, 0.2) is 28.9 Å². The molecule has 2 rings (SSSR count). The maximum atomic E-state index is 12.4. The van der Waals surface area contributed by atoms with Gasteiger partial charge >= 0.3 is 0 Å². The van der Waals surface area contributed by atoms with Crippen LogP contribution in [-0.2, 0) is 9.63 Å². The van der Waals surface area contributed by atoms with Gasteiger partial charge in [0.15, 0.2) is 0 Å². The van der Waals surface area contributed by atoms with Gasteiger partial charge in [-0.15, -0.1) is 23.1 Å². The smallest absolute Gasteiger partial charge is 0.272 e. The number of oxime groups is 1. The van der Waals surface area contributed by atoms with E-state index in [0.717, 1.165) is 10.2 Å². The van der Waals surface area contributed by atoms with Crippen molar-refractivity contribution in [2.45, 2.75) is 24.8 Å². The lowest BCUT2D eigenvalue weighted by Gasteiger charge is -2.24. The summed E-state index contributed by atoms with van der Waals surface area (Å²) >= 11 is 2.88. The van der Waals surface area contributed by atoms with Crippen LogP contribution in [0, 0.1) is 0 Å².